The summed E-state index contributed by atoms with van der Waals surface area (Å²) in [6.45, 7) is 4.86. The predicted molar refractivity (Wildman–Crippen MR) is 118 cm³/mol. The Morgan fingerprint density at radius 2 is 2.00 bits per heavy atom. The summed E-state index contributed by atoms with van der Waals surface area (Å²) in [5.74, 6) is 0.0652. The Hall–Kier alpha value is -2.52. The third-order valence-corrected chi connectivity index (χ3v) is 6.72. The van der Waals surface area contributed by atoms with Crippen LogP contribution in [0.2, 0.25) is 0 Å². The maximum absolute atomic E-state index is 13.0. The number of amides is 2. The first-order valence-electron chi connectivity index (χ1n) is 9.67. The number of esters is 1. The SMILES string of the molecule is CCOC(=O)N1CCc2c(sc(NC(=O)c3ccccc3SCC)c2C(=O)OC)C1. The van der Waals surface area contributed by atoms with E-state index in [-0.39, 0.29) is 12.0 Å². The lowest BCUT2D eigenvalue weighted by molar-refractivity contribution is 0.0600. The quantitative estimate of drug-likeness (QED) is 0.520. The van der Waals surface area contributed by atoms with Crippen LogP contribution in [0, 0.1) is 0 Å². The van der Waals surface area contributed by atoms with E-state index in [1.807, 2.05) is 25.1 Å². The standard InChI is InChI=1S/C21H24N2O5S2/c1-4-28-21(26)23-11-10-13-16(12-23)30-19(17(13)20(25)27-3)22-18(24)14-8-6-7-9-15(14)29-5-2/h6-9H,4-5,10-12H2,1-3H3,(H,22,24). The topological polar surface area (TPSA) is 84.9 Å². The number of rotatable bonds is 6. The molecule has 0 saturated heterocycles. The third kappa shape index (κ3) is 4.62. The van der Waals surface area contributed by atoms with Crippen molar-refractivity contribution in [2.75, 3.05) is 31.3 Å². The average Bonchev–Trinajstić information content (AvgIpc) is 3.10. The lowest BCUT2D eigenvalue weighted by Gasteiger charge is -2.26. The number of methoxy groups -OCH3 is 1. The van der Waals surface area contributed by atoms with E-state index >= 15 is 0 Å². The van der Waals surface area contributed by atoms with E-state index in [2.05, 4.69) is 5.32 Å². The zero-order chi connectivity index (χ0) is 21.7. The molecule has 2 heterocycles. The monoisotopic (exact) mass is 448 g/mol. The molecule has 1 aromatic carbocycles. The summed E-state index contributed by atoms with van der Waals surface area (Å²) in [6, 6.07) is 7.37. The summed E-state index contributed by atoms with van der Waals surface area (Å²) in [5.41, 5.74) is 1.74. The molecule has 0 spiro atoms. The van der Waals surface area contributed by atoms with Crippen LogP contribution >= 0.6 is 23.1 Å². The summed E-state index contributed by atoms with van der Waals surface area (Å²) >= 11 is 2.88. The maximum atomic E-state index is 13.0. The molecular formula is C21H24N2O5S2. The first-order chi connectivity index (χ1) is 14.5. The van der Waals surface area contributed by atoms with Gasteiger partial charge in [-0.15, -0.1) is 23.1 Å². The molecule has 1 aliphatic rings. The molecule has 3 rings (SSSR count). The van der Waals surface area contributed by atoms with Crippen molar-refractivity contribution >= 4 is 46.1 Å². The first kappa shape index (κ1) is 22.2. The number of thiophene rings is 1. The predicted octanol–water partition coefficient (Wildman–Crippen LogP) is 4.41. The number of thioether (sulfide) groups is 1. The summed E-state index contributed by atoms with van der Waals surface area (Å²) in [5, 5.41) is 3.34. The molecule has 160 valence electrons. The van der Waals surface area contributed by atoms with Crippen molar-refractivity contribution in [2.45, 2.75) is 31.7 Å². The van der Waals surface area contributed by atoms with Crippen LogP contribution in [0.4, 0.5) is 9.80 Å². The van der Waals surface area contributed by atoms with Crippen LogP contribution in [-0.4, -0.2) is 48.9 Å². The van der Waals surface area contributed by atoms with Crippen molar-refractivity contribution < 1.29 is 23.9 Å². The average molecular weight is 449 g/mol. The molecule has 0 radical (unpaired) electrons. The molecule has 30 heavy (non-hydrogen) atoms. The number of anilines is 1. The number of hydrogen-bond acceptors (Lipinski definition) is 7. The fourth-order valence-corrected chi connectivity index (χ4v) is 5.33. The Kier molecular flexibility index (Phi) is 7.38. The molecule has 9 heteroatoms. The fraction of sp³-hybridized carbons (Fsp3) is 0.381. The molecule has 0 fully saturated rings. The number of hydrogen-bond donors (Lipinski definition) is 1. The van der Waals surface area contributed by atoms with Crippen LogP contribution < -0.4 is 5.32 Å². The van der Waals surface area contributed by atoms with E-state index in [4.69, 9.17) is 9.47 Å². The fourth-order valence-electron chi connectivity index (χ4n) is 3.29. The molecular weight excluding hydrogens is 424 g/mol. The van der Waals surface area contributed by atoms with Crippen LogP contribution in [0.5, 0.6) is 0 Å². The molecule has 1 aliphatic heterocycles. The lowest BCUT2D eigenvalue weighted by Crippen LogP contribution is -2.36. The Bertz CT molecular complexity index is 957. The second-order valence-electron chi connectivity index (χ2n) is 6.45. The summed E-state index contributed by atoms with van der Waals surface area (Å²) in [7, 11) is 1.32. The van der Waals surface area contributed by atoms with Gasteiger partial charge in [0.2, 0.25) is 0 Å². The number of carbonyl (C=O) groups is 3. The minimum Gasteiger partial charge on any atom is -0.465 e. The second-order valence-corrected chi connectivity index (χ2v) is 8.86. The van der Waals surface area contributed by atoms with Gasteiger partial charge in [-0.25, -0.2) is 9.59 Å². The molecule has 0 atom stereocenters. The van der Waals surface area contributed by atoms with Crippen LogP contribution in [-0.2, 0) is 22.4 Å². The van der Waals surface area contributed by atoms with Gasteiger partial charge in [-0.1, -0.05) is 19.1 Å². The van der Waals surface area contributed by atoms with Gasteiger partial charge in [0.1, 0.15) is 5.00 Å². The number of ether oxygens (including phenoxy) is 2. The van der Waals surface area contributed by atoms with Gasteiger partial charge in [-0.2, -0.15) is 0 Å². The molecule has 0 saturated carbocycles. The molecule has 0 unspecified atom stereocenters. The van der Waals surface area contributed by atoms with Gasteiger partial charge in [0.05, 0.1) is 31.4 Å². The highest BCUT2D eigenvalue weighted by molar-refractivity contribution is 7.99. The van der Waals surface area contributed by atoms with Gasteiger partial charge in [0.25, 0.3) is 5.91 Å². The van der Waals surface area contributed by atoms with Crippen molar-refractivity contribution in [3.8, 4) is 0 Å². The van der Waals surface area contributed by atoms with Crippen LogP contribution in [0.15, 0.2) is 29.2 Å². The number of nitrogens with one attached hydrogen (secondary N) is 1. The first-order valence-corrected chi connectivity index (χ1v) is 11.5. The largest absolute Gasteiger partial charge is 0.465 e. The zero-order valence-electron chi connectivity index (χ0n) is 17.1. The van der Waals surface area contributed by atoms with E-state index in [0.29, 0.717) is 42.2 Å². The summed E-state index contributed by atoms with van der Waals surface area (Å²) in [6.07, 6.45) is 0.111. The number of carbonyl (C=O) groups excluding carboxylic acids is 3. The normalized spacial score (nSPS) is 12.8. The van der Waals surface area contributed by atoms with E-state index in [1.54, 1.807) is 29.7 Å². The third-order valence-electron chi connectivity index (χ3n) is 4.63. The van der Waals surface area contributed by atoms with Crippen LogP contribution in [0.1, 0.15) is 45.0 Å². The van der Waals surface area contributed by atoms with Crippen molar-refractivity contribution in [1.82, 2.24) is 4.90 Å². The smallest absolute Gasteiger partial charge is 0.410 e. The molecule has 1 aromatic heterocycles. The van der Waals surface area contributed by atoms with Crippen LogP contribution in [0.3, 0.4) is 0 Å². The highest BCUT2D eigenvalue weighted by Gasteiger charge is 2.31. The molecule has 1 N–H and O–H groups in total. The Morgan fingerprint density at radius 3 is 2.70 bits per heavy atom. The summed E-state index contributed by atoms with van der Waals surface area (Å²) < 4.78 is 10.1. The molecule has 0 aliphatic carbocycles. The Labute approximate surface area is 183 Å². The van der Waals surface area contributed by atoms with Gasteiger partial charge in [-0.3, -0.25) is 4.79 Å². The van der Waals surface area contributed by atoms with Crippen molar-refractivity contribution in [2.24, 2.45) is 0 Å². The zero-order valence-corrected chi connectivity index (χ0v) is 18.8. The van der Waals surface area contributed by atoms with E-state index in [1.165, 1.54) is 18.4 Å². The van der Waals surface area contributed by atoms with Crippen molar-refractivity contribution in [1.29, 1.82) is 0 Å². The lowest BCUT2D eigenvalue weighted by atomic mass is 10.0. The Morgan fingerprint density at radius 1 is 1.23 bits per heavy atom. The second kappa shape index (κ2) is 9.99. The van der Waals surface area contributed by atoms with Gasteiger partial charge in [0, 0.05) is 16.3 Å². The number of fused-ring (bicyclic) bond motifs is 1. The highest BCUT2D eigenvalue weighted by atomic mass is 32.2. The highest BCUT2D eigenvalue weighted by Crippen LogP contribution is 2.38. The number of benzene rings is 1. The van der Waals surface area contributed by atoms with E-state index < -0.39 is 5.97 Å². The van der Waals surface area contributed by atoms with Gasteiger partial charge in [-0.05, 0) is 36.8 Å². The molecule has 2 amide bonds. The Balaban J connectivity index is 1.91. The van der Waals surface area contributed by atoms with Crippen molar-refractivity contribution in [3.63, 3.8) is 0 Å². The molecule has 2 aromatic rings. The minimum atomic E-state index is -0.497. The van der Waals surface area contributed by atoms with E-state index in [9.17, 15) is 14.4 Å². The minimum absolute atomic E-state index is 0.280. The molecule has 0 bridgehead atoms. The molecule has 7 nitrogen and oxygen atoms in total. The maximum Gasteiger partial charge on any atom is 0.410 e. The summed E-state index contributed by atoms with van der Waals surface area (Å²) in [4.78, 5) is 40.9. The van der Waals surface area contributed by atoms with Gasteiger partial charge >= 0.3 is 12.1 Å². The van der Waals surface area contributed by atoms with E-state index in [0.717, 1.165) is 21.1 Å². The van der Waals surface area contributed by atoms with Crippen molar-refractivity contribution in [3.05, 3.63) is 45.8 Å². The number of nitrogens with zero attached hydrogens (tertiary/aromatic N) is 1. The van der Waals surface area contributed by atoms with Gasteiger partial charge in [0.15, 0.2) is 0 Å². The van der Waals surface area contributed by atoms with Gasteiger partial charge < -0.3 is 19.7 Å². The van der Waals surface area contributed by atoms with Crippen LogP contribution in [0.25, 0.3) is 0 Å².